The van der Waals surface area contributed by atoms with E-state index in [2.05, 4.69) is 40.5 Å². The van der Waals surface area contributed by atoms with Gasteiger partial charge in [-0.25, -0.2) is 0 Å². The Hall–Kier alpha value is -0.860. The number of likely N-dealkylation sites (tertiary alicyclic amines) is 1. The van der Waals surface area contributed by atoms with E-state index in [9.17, 15) is 0 Å². The molecule has 20 heavy (non-hydrogen) atoms. The number of nitrogens with zero attached hydrogens (tertiary/aromatic N) is 1. The number of benzene rings is 1. The normalized spacial score (nSPS) is 30.5. The first-order valence-electron chi connectivity index (χ1n) is 8.40. The second-order valence-electron chi connectivity index (χ2n) is 7.04. The lowest BCUT2D eigenvalue weighted by Gasteiger charge is -2.60. The van der Waals surface area contributed by atoms with Gasteiger partial charge in [-0.3, -0.25) is 4.90 Å². The lowest BCUT2D eigenvalue weighted by molar-refractivity contribution is -0.107. The summed E-state index contributed by atoms with van der Waals surface area (Å²) in [5.41, 5.74) is 2.19. The molecule has 0 bridgehead atoms. The van der Waals surface area contributed by atoms with Gasteiger partial charge in [-0.2, -0.15) is 0 Å². The third-order valence-corrected chi connectivity index (χ3v) is 5.90. The van der Waals surface area contributed by atoms with Crippen molar-refractivity contribution in [2.45, 2.75) is 50.6 Å². The molecule has 2 heterocycles. The minimum absolute atomic E-state index is 0.617. The lowest BCUT2D eigenvalue weighted by atomic mass is 9.66. The summed E-state index contributed by atoms with van der Waals surface area (Å²) in [5, 5.41) is 3.51. The predicted molar refractivity (Wildman–Crippen MR) is 82.7 cm³/mol. The SMILES string of the molecule is c1ccc([C@@H]2N(C3CCNCC3)CC23CCCC3)cc1. The van der Waals surface area contributed by atoms with Crippen LogP contribution in [0.25, 0.3) is 0 Å². The van der Waals surface area contributed by atoms with Gasteiger partial charge in [0.05, 0.1) is 0 Å². The highest BCUT2D eigenvalue weighted by Gasteiger charge is 2.55. The molecule has 0 amide bonds. The van der Waals surface area contributed by atoms with Crippen LogP contribution in [0.3, 0.4) is 0 Å². The third-order valence-electron chi connectivity index (χ3n) is 5.90. The Morgan fingerprint density at radius 1 is 1.00 bits per heavy atom. The fraction of sp³-hybridized carbons (Fsp3) is 0.667. The molecule has 0 radical (unpaired) electrons. The number of rotatable bonds is 2. The Morgan fingerprint density at radius 2 is 1.70 bits per heavy atom. The van der Waals surface area contributed by atoms with Gasteiger partial charge in [0.1, 0.15) is 0 Å². The lowest BCUT2D eigenvalue weighted by Crippen LogP contribution is -2.62. The summed E-state index contributed by atoms with van der Waals surface area (Å²) in [5.74, 6) is 0. The number of hydrogen-bond donors (Lipinski definition) is 1. The molecule has 0 aromatic heterocycles. The molecule has 1 saturated carbocycles. The molecular weight excluding hydrogens is 244 g/mol. The van der Waals surface area contributed by atoms with Crippen LogP contribution in [-0.4, -0.2) is 30.6 Å². The molecule has 1 atom stereocenters. The standard InChI is InChI=1S/C18H26N2/c1-2-6-15(7-3-1)17-18(10-4-5-11-18)14-20(17)16-8-12-19-13-9-16/h1-3,6-7,16-17,19H,4-5,8-14H2/t17-/m0/s1. The van der Waals surface area contributed by atoms with E-state index in [4.69, 9.17) is 0 Å². The van der Waals surface area contributed by atoms with Crippen LogP contribution in [0.15, 0.2) is 30.3 Å². The Kier molecular flexibility index (Phi) is 3.31. The first-order chi connectivity index (χ1) is 9.89. The summed E-state index contributed by atoms with van der Waals surface area (Å²) in [4.78, 5) is 2.83. The van der Waals surface area contributed by atoms with Crippen LogP contribution in [-0.2, 0) is 0 Å². The number of nitrogens with one attached hydrogen (secondary N) is 1. The zero-order chi connectivity index (χ0) is 13.4. The van der Waals surface area contributed by atoms with Crippen molar-refractivity contribution in [2.75, 3.05) is 19.6 Å². The molecule has 1 N–H and O–H groups in total. The van der Waals surface area contributed by atoms with Gasteiger partial charge in [-0.1, -0.05) is 43.2 Å². The summed E-state index contributed by atoms with van der Waals surface area (Å²) in [6.45, 7) is 3.77. The number of piperidine rings is 1. The van der Waals surface area contributed by atoms with Crippen LogP contribution < -0.4 is 5.32 Å². The Labute approximate surface area is 122 Å². The van der Waals surface area contributed by atoms with E-state index in [1.165, 1.54) is 58.2 Å². The van der Waals surface area contributed by atoms with Crippen LogP contribution in [0.1, 0.15) is 50.1 Å². The van der Waals surface area contributed by atoms with Gasteiger partial charge in [0.2, 0.25) is 0 Å². The van der Waals surface area contributed by atoms with E-state index in [-0.39, 0.29) is 0 Å². The van der Waals surface area contributed by atoms with Gasteiger partial charge in [-0.05, 0) is 44.3 Å². The van der Waals surface area contributed by atoms with E-state index in [0.29, 0.717) is 11.5 Å². The molecule has 2 nitrogen and oxygen atoms in total. The smallest absolute Gasteiger partial charge is 0.0419 e. The van der Waals surface area contributed by atoms with Crippen molar-refractivity contribution in [3.05, 3.63) is 35.9 Å². The topological polar surface area (TPSA) is 15.3 Å². The molecule has 108 valence electrons. The summed E-state index contributed by atoms with van der Waals surface area (Å²) in [7, 11) is 0. The highest BCUT2D eigenvalue weighted by molar-refractivity contribution is 5.27. The van der Waals surface area contributed by atoms with Crippen molar-refractivity contribution >= 4 is 0 Å². The molecule has 1 aromatic rings. The Bertz CT molecular complexity index is 444. The fourth-order valence-corrected chi connectivity index (χ4v) is 4.95. The average Bonchev–Trinajstić information content (AvgIpc) is 2.98. The molecule has 2 heteroatoms. The van der Waals surface area contributed by atoms with Crippen molar-refractivity contribution in [1.82, 2.24) is 10.2 Å². The monoisotopic (exact) mass is 270 g/mol. The summed E-state index contributed by atoms with van der Waals surface area (Å²) in [6, 6.07) is 12.8. The fourth-order valence-electron chi connectivity index (χ4n) is 4.95. The first-order valence-corrected chi connectivity index (χ1v) is 8.40. The van der Waals surface area contributed by atoms with Crippen molar-refractivity contribution in [3.63, 3.8) is 0 Å². The maximum absolute atomic E-state index is 3.51. The van der Waals surface area contributed by atoms with Gasteiger partial charge in [-0.15, -0.1) is 0 Å². The average molecular weight is 270 g/mol. The van der Waals surface area contributed by atoms with Crippen LogP contribution in [0.5, 0.6) is 0 Å². The Balaban J connectivity index is 1.60. The molecule has 1 aromatic carbocycles. The van der Waals surface area contributed by atoms with Crippen LogP contribution >= 0.6 is 0 Å². The zero-order valence-electron chi connectivity index (χ0n) is 12.4. The third kappa shape index (κ3) is 2.01. The molecule has 4 rings (SSSR count). The predicted octanol–water partition coefficient (Wildman–Crippen LogP) is 3.36. The molecule has 3 aliphatic rings. The molecule has 2 aliphatic heterocycles. The van der Waals surface area contributed by atoms with Crippen molar-refractivity contribution < 1.29 is 0 Å². The van der Waals surface area contributed by atoms with Gasteiger partial charge < -0.3 is 5.32 Å². The second kappa shape index (κ2) is 5.16. The molecule has 2 saturated heterocycles. The minimum atomic E-state index is 0.617. The number of hydrogen-bond acceptors (Lipinski definition) is 2. The highest BCUT2D eigenvalue weighted by atomic mass is 15.3. The molecular formula is C18H26N2. The van der Waals surface area contributed by atoms with Gasteiger partial charge in [0.25, 0.3) is 0 Å². The van der Waals surface area contributed by atoms with Crippen molar-refractivity contribution in [3.8, 4) is 0 Å². The van der Waals surface area contributed by atoms with E-state index >= 15 is 0 Å². The summed E-state index contributed by atoms with van der Waals surface area (Å²) in [6.07, 6.45) is 8.47. The van der Waals surface area contributed by atoms with E-state index in [0.717, 1.165) is 6.04 Å². The van der Waals surface area contributed by atoms with E-state index in [1.807, 2.05) is 0 Å². The summed E-state index contributed by atoms with van der Waals surface area (Å²) < 4.78 is 0. The van der Waals surface area contributed by atoms with Gasteiger partial charge >= 0.3 is 0 Å². The summed E-state index contributed by atoms with van der Waals surface area (Å²) >= 11 is 0. The van der Waals surface area contributed by atoms with Crippen LogP contribution in [0.4, 0.5) is 0 Å². The maximum atomic E-state index is 3.51. The molecule has 1 spiro atoms. The maximum Gasteiger partial charge on any atom is 0.0419 e. The zero-order valence-corrected chi connectivity index (χ0v) is 12.4. The van der Waals surface area contributed by atoms with Gasteiger partial charge in [0.15, 0.2) is 0 Å². The van der Waals surface area contributed by atoms with Crippen LogP contribution in [0, 0.1) is 5.41 Å². The minimum Gasteiger partial charge on any atom is -0.317 e. The van der Waals surface area contributed by atoms with Crippen molar-refractivity contribution in [1.29, 1.82) is 0 Å². The van der Waals surface area contributed by atoms with Crippen molar-refractivity contribution in [2.24, 2.45) is 5.41 Å². The Morgan fingerprint density at radius 3 is 2.40 bits per heavy atom. The van der Waals surface area contributed by atoms with E-state index < -0.39 is 0 Å². The van der Waals surface area contributed by atoms with Gasteiger partial charge in [0, 0.05) is 24.0 Å². The van der Waals surface area contributed by atoms with E-state index in [1.54, 1.807) is 5.56 Å². The molecule has 1 aliphatic carbocycles. The largest absolute Gasteiger partial charge is 0.317 e. The quantitative estimate of drug-likeness (QED) is 0.886. The molecule has 3 fully saturated rings. The second-order valence-corrected chi connectivity index (χ2v) is 7.04. The van der Waals surface area contributed by atoms with Crippen LogP contribution in [0.2, 0.25) is 0 Å². The molecule has 0 unspecified atom stereocenters. The first kappa shape index (κ1) is 12.8. The highest BCUT2D eigenvalue weighted by Crippen LogP contribution is 2.59.